The molecule has 1 aromatic rings. The summed E-state index contributed by atoms with van der Waals surface area (Å²) >= 11 is 0. The van der Waals surface area contributed by atoms with Crippen LogP contribution in [0.15, 0.2) is 29.4 Å². The average Bonchev–Trinajstić information content (AvgIpc) is 2.62. The predicted octanol–water partition coefficient (Wildman–Crippen LogP) is 0.631. The smallest absolute Gasteiger partial charge is 0.332 e. The van der Waals surface area contributed by atoms with Gasteiger partial charge < -0.3 is 15.2 Å². The zero-order chi connectivity index (χ0) is 17.6. The Bertz CT molecular complexity index is 723. The molecular formula is C17H20N4O4. The third-order valence-corrected chi connectivity index (χ3v) is 3.99. The molecular weight excluding hydrogens is 324 g/mol. The Balaban J connectivity index is 1.63. The number of benzene rings is 1. The topological polar surface area (TPSA) is 106 Å². The van der Waals surface area contributed by atoms with Crippen molar-refractivity contribution >= 4 is 23.6 Å². The third kappa shape index (κ3) is 4.43. The Labute approximate surface area is 145 Å². The quantitative estimate of drug-likeness (QED) is 0.762. The zero-order valence-electron chi connectivity index (χ0n) is 13.7. The predicted molar refractivity (Wildman–Crippen MR) is 92.7 cm³/mol. The number of hydrogen-bond donors (Lipinski definition) is 2. The number of primary amides is 1. The van der Waals surface area contributed by atoms with E-state index in [9.17, 15) is 9.59 Å². The third-order valence-electron chi connectivity index (χ3n) is 3.99. The maximum Gasteiger partial charge on any atom is 0.332 e. The van der Waals surface area contributed by atoms with Crippen LogP contribution in [0.1, 0.15) is 15.9 Å². The SMILES string of the molecule is NC(=O)N/N=C1\C=Cc2ccc(OCCN3CCOCC3)cc2C1=O. The zero-order valence-corrected chi connectivity index (χ0v) is 13.7. The fraction of sp³-hybridized carbons (Fsp3) is 0.353. The lowest BCUT2D eigenvalue weighted by atomic mass is 9.95. The van der Waals surface area contributed by atoms with Gasteiger partial charge in [0.2, 0.25) is 5.78 Å². The summed E-state index contributed by atoms with van der Waals surface area (Å²) < 4.78 is 11.1. The molecule has 1 aromatic carbocycles. The molecule has 0 radical (unpaired) electrons. The number of fused-ring (bicyclic) bond motifs is 1. The first-order valence-electron chi connectivity index (χ1n) is 8.06. The van der Waals surface area contributed by atoms with E-state index in [0.29, 0.717) is 17.9 Å². The molecule has 1 aliphatic heterocycles. The maximum atomic E-state index is 12.5. The number of nitrogens with zero attached hydrogens (tertiary/aromatic N) is 2. The van der Waals surface area contributed by atoms with Gasteiger partial charge in [0.25, 0.3) is 0 Å². The Hall–Kier alpha value is -2.71. The molecule has 25 heavy (non-hydrogen) atoms. The summed E-state index contributed by atoms with van der Waals surface area (Å²) in [7, 11) is 0. The van der Waals surface area contributed by atoms with E-state index >= 15 is 0 Å². The van der Waals surface area contributed by atoms with Gasteiger partial charge in [0.1, 0.15) is 18.1 Å². The first-order chi connectivity index (χ1) is 12.1. The Morgan fingerprint density at radius 3 is 2.88 bits per heavy atom. The van der Waals surface area contributed by atoms with Crippen LogP contribution in [-0.4, -0.2) is 61.9 Å². The first kappa shape index (κ1) is 17.1. The molecule has 0 spiro atoms. The van der Waals surface area contributed by atoms with Crippen molar-refractivity contribution in [3.8, 4) is 5.75 Å². The number of carbonyl (C=O) groups is 2. The highest BCUT2D eigenvalue weighted by Gasteiger charge is 2.20. The fourth-order valence-electron chi connectivity index (χ4n) is 2.67. The van der Waals surface area contributed by atoms with Gasteiger partial charge in [-0.25, -0.2) is 10.2 Å². The van der Waals surface area contributed by atoms with E-state index in [2.05, 4.69) is 15.4 Å². The van der Waals surface area contributed by atoms with Crippen LogP contribution in [0.2, 0.25) is 0 Å². The number of urea groups is 1. The number of rotatable bonds is 5. The standard InChI is InChI=1S/C17H20N4O4/c18-17(23)20-19-15-4-2-12-1-3-13(11-14(12)16(15)22)25-10-7-21-5-8-24-9-6-21/h1-4,11H,5-10H2,(H3,18,20,23)/b19-15+. The molecule has 3 N–H and O–H groups in total. The van der Waals surface area contributed by atoms with Crippen molar-refractivity contribution in [3.05, 3.63) is 35.4 Å². The minimum absolute atomic E-state index is 0.122. The Kier molecular flexibility index (Phi) is 5.42. The summed E-state index contributed by atoms with van der Waals surface area (Å²) in [5, 5.41) is 3.71. The molecule has 8 nitrogen and oxygen atoms in total. The summed E-state index contributed by atoms with van der Waals surface area (Å²) in [4.78, 5) is 25.5. The monoisotopic (exact) mass is 344 g/mol. The highest BCUT2D eigenvalue weighted by atomic mass is 16.5. The number of nitrogens with two attached hydrogens (primary N) is 1. The van der Waals surface area contributed by atoms with Gasteiger partial charge in [0.05, 0.1) is 13.2 Å². The Morgan fingerprint density at radius 2 is 2.12 bits per heavy atom. The summed E-state index contributed by atoms with van der Waals surface area (Å²) in [5.41, 5.74) is 8.42. The summed E-state index contributed by atoms with van der Waals surface area (Å²) in [6.45, 7) is 4.66. The van der Waals surface area contributed by atoms with Crippen molar-refractivity contribution in [2.45, 2.75) is 0 Å². The minimum Gasteiger partial charge on any atom is -0.492 e. The number of amides is 2. The van der Waals surface area contributed by atoms with Crippen LogP contribution >= 0.6 is 0 Å². The van der Waals surface area contributed by atoms with E-state index in [0.717, 1.165) is 38.4 Å². The lowest BCUT2D eigenvalue weighted by Gasteiger charge is -2.26. The lowest BCUT2D eigenvalue weighted by molar-refractivity contribution is 0.0322. The molecule has 1 fully saturated rings. The van der Waals surface area contributed by atoms with Gasteiger partial charge >= 0.3 is 6.03 Å². The van der Waals surface area contributed by atoms with Crippen LogP contribution in [0, 0.1) is 0 Å². The van der Waals surface area contributed by atoms with Gasteiger partial charge in [-0.3, -0.25) is 9.69 Å². The number of ketones is 1. The maximum absolute atomic E-state index is 12.5. The molecule has 3 rings (SSSR count). The van der Waals surface area contributed by atoms with Gasteiger partial charge in [0.15, 0.2) is 0 Å². The van der Waals surface area contributed by atoms with Crippen molar-refractivity contribution in [1.82, 2.24) is 10.3 Å². The summed E-state index contributed by atoms with van der Waals surface area (Å²) in [6, 6.07) is 4.53. The van der Waals surface area contributed by atoms with E-state index in [4.69, 9.17) is 15.2 Å². The van der Waals surface area contributed by atoms with E-state index in [1.807, 2.05) is 12.1 Å². The number of nitrogens with one attached hydrogen (secondary N) is 1. The summed E-state index contributed by atoms with van der Waals surface area (Å²) in [6.07, 6.45) is 3.30. The molecule has 0 saturated carbocycles. The number of morpholine rings is 1. The molecule has 8 heteroatoms. The molecule has 1 heterocycles. The van der Waals surface area contributed by atoms with E-state index in [1.54, 1.807) is 18.2 Å². The van der Waals surface area contributed by atoms with Crippen LogP contribution in [0.25, 0.3) is 6.08 Å². The number of allylic oxidation sites excluding steroid dienone is 1. The largest absolute Gasteiger partial charge is 0.492 e. The fourth-order valence-corrected chi connectivity index (χ4v) is 2.67. The van der Waals surface area contributed by atoms with Crippen LogP contribution in [0.5, 0.6) is 5.75 Å². The number of Topliss-reactive ketones (excluding diaryl/α,β-unsaturated/α-hetero) is 1. The molecule has 0 bridgehead atoms. The highest BCUT2D eigenvalue weighted by Crippen LogP contribution is 2.23. The van der Waals surface area contributed by atoms with Gasteiger partial charge in [-0.2, -0.15) is 5.10 Å². The molecule has 0 unspecified atom stereocenters. The molecule has 2 aliphatic rings. The van der Waals surface area contributed by atoms with Crippen LogP contribution < -0.4 is 15.9 Å². The second-order valence-corrected chi connectivity index (χ2v) is 5.69. The number of ether oxygens (including phenoxy) is 2. The molecule has 0 atom stereocenters. The average molecular weight is 344 g/mol. The minimum atomic E-state index is -0.820. The van der Waals surface area contributed by atoms with E-state index in [1.165, 1.54) is 0 Å². The second-order valence-electron chi connectivity index (χ2n) is 5.69. The second kappa shape index (κ2) is 7.91. The van der Waals surface area contributed by atoms with E-state index in [-0.39, 0.29) is 11.5 Å². The van der Waals surface area contributed by atoms with Crippen molar-refractivity contribution in [1.29, 1.82) is 0 Å². The van der Waals surface area contributed by atoms with Crippen LogP contribution in [-0.2, 0) is 4.74 Å². The molecule has 0 aromatic heterocycles. The van der Waals surface area contributed by atoms with Gasteiger partial charge in [-0.1, -0.05) is 12.1 Å². The lowest BCUT2D eigenvalue weighted by Crippen LogP contribution is -2.38. The van der Waals surface area contributed by atoms with Gasteiger partial charge in [-0.05, 0) is 23.8 Å². The Morgan fingerprint density at radius 1 is 1.32 bits per heavy atom. The van der Waals surface area contributed by atoms with Gasteiger partial charge in [0, 0.05) is 25.2 Å². The number of hydrogen-bond acceptors (Lipinski definition) is 6. The van der Waals surface area contributed by atoms with Crippen LogP contribution in [0.3, 0.4) is 0 Å². The molecule has 1 aliphatic carbocycles. The van der Waals surface area contributed by atoms with Crippen molar-refractivity contribution in [3.63, 3.8) is 0 Å². The normalized spacial score (nSPS) is 18.9. The molecule has 2 amide bonds. The van der Waals surface area contributed by atoms with Gasteiger partial charge in [-0.15, -0.1) is 0 Å². The van der Waals surface area contributed by atoms with E-state index < -0.39 is 6.03 Å². The van der Waals surface area contributed by atoms with Crippen molar-refractivity contribution in [2.24, 2.45) is 10.8 Å². The summed E-state index contributed by atoms with van der Waals surface area (Å²) in [5.74, 6) is 0.336. The van der Waals surface area contributed by atoms with Crippen molar-refractivity contribution < 1.29 is 19.1 Å². The highest BCUT2D eigenvalue weighted by molar-refractivity contribution is 6.52. The number of carbonyl (C=O) groups excluding carboxylic acids is 2. The molecule has 1 saturated heterocycles. The van der Waals surface area contributed by atoms with Crippen LogP contribution in [0.4, 0.5) is 4.79 Å². The molecule has 132 valence electrons. The number of hydrazone groups is 1. The van der Waals surface area contributed by atoms with Crippen molar-refractivity contribution in [2.75, 3.05) is 39.5 Å². The first-order valence-corrected chi connectivity index (χ1v) is 8.06.